The Morgan fingerprint density at radius 1 is 1.08 bits per heavy atom. The maximum atomic E-state index is 11.3. The lowest BCUT2D eigenvalue weighted by molar-refractivity contribution is -0.139. The highest BCUT2D eigenvalue weighted by atomic mass is 32.1. The fraction of sp³-hybridized carbons (Fsp3) is 0.895. The monoisotopic (exact) mass is 356 g/mol. The molecule has 0 bridgehead atoms. The Labute approximate surface area is 153 Å². The van der Waals surface area contributed by atoms with Crippen LogP contribution in [0.1, 0.15) is 84.5 Å². The van der Waals surface area contributed by atoms with Gasteiger partial charge >= 0.3 is 5.97 Å². The Balaban J connectivity index is 3.72. The van der Waals surface area contributed by atoms with Crippen LogP contribution in [0.4, 0.5) is 0 Å². The van der Waals surface area contributed by atoms with E-state index in [1.54, 1.807) is 0 Å². The number of isothiocyanates is 1. The number of carboxylic acid groups (broad SMARTS) is 1. The van der Waals surface area contributed by atoms with E-state index in [0.717, 1.165) is 19.4 Å². The Bertz CT molecular complexity index is 357. The maximum absolute atomic E-state index is 11.3. The van der Waals surface area contributed by atoms with Crippen molar-refractivity contribution in [2.45, 2.75) is 90.5 Å². The smallest absolute Gasteiger partial charge is 0.320 e. The summed E-state index contributed by atoms with van der Waals surface area (Å²) in [5.74, 6) is -0.224. The highest BCUT2D eigenvalue weighted by molar-refractivity contribution is 7.78. The molecule has 0 rings (SSSR count). The first-order valence-corrected chi connectivity index (χ1v) is 10.0. The van der Waals surface area contributed by atoms with Gasteiger partial charge in [0.05, 0.1) is 5.16 Å². The van der Waals surface area contributed by atoms with E-state index in [-0.39, 0.29) is 0 Å². The average Bonchev–Trinajstić information content (AvgIpc) is 2.56. The number of unbranched alkanes of at least 4 members (excludes halogenated alkanes) is 7. The number of thiocarbonyl (C=S) groups is 1. The molecule has 0 amide bonds. The molecule has 2 N–H and O–H groups in total. The van der Waals surface area contributed by atoms with Crippen LogP contribution in [0.15, 0.2) is 4.99 Å². The predicted molar refractivity (Wildman–Crippen MR) is 105 cm³/mol. The second-order valence-electron chi connectivity index (χ2n) is 6.78. The number of carbonyl (C=O) groups is 1. The molecule has 0 aromatic carbocycles. The van der Waals surface area contributed by atoms with Crippen LogP contribution in [0.3, 0.4) is 0 Å². The summed E-state index contributed by atoms with van der Waals surface area (Å²) in [6.07, 6.45) is 12.8. The third kappa shape index (κ3) is 14.8. The second-order valence-corrected chi connectivity index (χ2v) is 6.97. The van der Waals surface area contributed by atoms with Crippen molar-refractivity contribution in [3.8, 4) is 0 Å². The van der Waals surface area contributed by atoms with Gasteiger partial charge in [-0.2, -0.15) is 0 Å². The fourth-order valence-electron chi connectivity index (χ4n) is 2.79. The lowest BCUT2D eigenvalue weighted by Gasteiger charge is -2.18. The molecule has 5 heteroatoms. The SMILES string of the molecule is CCCCCCCCCC(C)CNC(CCCCN=C=S)C(=O)O. The molecule has 0 heterocycles. The number of hydrogen-bond acceptors (Lipinski definition) is 4. The van der Waals surface area contributed by atoms with E-state index in [1.807, 2.05) is 0 Å². The molecule has 0 fully saturated rings. The first kappa shape index (κ1) is 23.2. The van der Waals surface area contributed by atoms with Crippen molar-refractivity contribution in [3.63, 3.8) is 0 Å². The van der Waals surface area contributed by atoms with Gasteiger partial charge in [-0.3, -0.25) is 4.79 Å². The summed E-state index contributed by atoms with van der Waals surface area (Å²) in [7, 11) is 0. The fourth-order valence-corrected chi connectivity index (χ4v) is 2.88. The molecule has 0 aromatic rings. The van der Waals surface area contributed by atoms with Crippen LogP contribution in [0.25, 0.3) is 0 Å². The van der Waals surface area contributed by atoms with Crippen molar-refractivity contribution in [1.29, 1.82) is 0 Å². The molecule has 0 aliphatic rings. The molecule has 24 heavy (non-hydrogen) atoms. The lowest BCUT2D eigenvalue weighted by Crippen LogP contribution is -2.39. The molecule has 140 valence electrons. The van der Waals surface area contributed by atoms with Crippen LogP contribution in [-0.2, 0) is 4.79 Å². The van der Waals surface area contributed by atoms with Crippen LogP contribution >= 0.6 is 12.2 Å². The van der Waals surface area contributed by atoms with Crippen LogP contribution < -0.4 is 5.32 Å². The van der Waals surface area contributed by atoms with E-state index in [2.05, 4.69) is 41.5 Å². The summed E-state index contributed by atoms with van der Waals surface area (Å²) in [6.45, 7) is 5.87. The van der Waals surface area contributed by atoms with Gasteiger partial charge in [-0.1, -0.05) is 58.8 Å². The predicted octanol–water partition coefficient (Wildman–Crippen LogP) is 5.08. The zero-order valence-electron chi connectivity index (χ0n) is 15.6. The number of rotatable bonds is 17. The van der Waals surface area contributed by atoms with Crippen LogP contribution in [0.2, 0.25) is 0 Å². The van der Waals surface area contributed by atoms with Gasteiger partial charge in [-0.15, -0.1) is 0 Å². The summed E-state index contributed by atoms with van der Waals surface area (Å²) >= 11 is 4.51. The third-order valence-electron chi connectivity index (χ3n) is 4.39. The van der Waals surface area contributed by atoms with Crippen LogP contribution in [-0.4, -0.2) is 35.4 Å². The van der Waals surface area contributed by atoms with Crippen molar-refractivity contribution in [3.05, 3.63) is 0 Å². The summed E-state index contributed by atoms with van der Waals surface area (Å²) in [4.78, 5) is 15.2. The minimum atomic E-state index is -0.753. The zero-order valence-corrected chi connectivity index (χ0v) is 16.4. The van der Waals surface area contributed by atoms with Crippen LogP contribution in [0, 0.1) is 5.92 Å². The number of aliphatic carboxylic acids is 1. The normalized spacial score (nSPS) is 13.2. The average molecular weight is 357 g/mol. The Morgan fingerprint density at radius 3 is 2.33 bits per heavy atom. The molecule has 0 saturated heterocycles. The summed E-state index contributed by atoms with van der Waals surface area (Å²) in [6, 6.07) is -0.446. The minimum absolute atomic E-state index is 0.446. The molecule has 0 aliphatic carbocycles. The highest BCUT2D eigenvalue weighted by Crippen LogP contribution is 2.12. The molecule has 0 spiro atoms. The molecule has 0 saturated carbocycles. The second kappa shape index (κ2) is 17.1. The van der Waals surface area contributed by atoms with Crippen molar-refractivity contribution >= 4 is 23.3 Å². The Hall–Kier alpha value is -0.770. The number of hydrogen-bond donors (Lipinski definition) is 2. The summed E-state index contributed by atoms with van der Waals surface area (Å²) in [5.41, 5.74) is 0. The molecule has 0 aliphatic heterocycles. The van der Waals surface area contributed by atoms with E-state index in [9.17, 15) is 9.90 Å². The van der Waals surface area contributed by atoms with E-state index in [4.69, 9.17) is 0 Å². The minimum Gasteiger partial charge on any atom is -0.480 e. The topological polar surface area (TPSA) is 61.7 Å². The number of aliphatic imine (C=N–C) groups is 1. The molecular weight excluding hydrogens is 320 g/mol. The number of nitrogens with one attached hydrogen (secondary N) is 1. The quantitative estimate of drug-likeness (QED) is 0.217. The standard InChI is InChI=1S/C19H36N2O2S/c1-3-4-5-6-7-8-9-12-17(2)15-21-18(19(22)23)13-10-11-14-20-16-24/h17-18,21H,3-15H2,1-2H3,(H,22,23). The van der Waals surface area contributed by atoms with E-state index >= 15 is 0 Å². The van der Waals surface area contributed by atoms with E-state index in [1.165, 1.54) is 51.4 Å². The molecule has 2 unspecified atom stereocenters. The molecule has 0 radical (unpaired) electrons. The Morgan fingerprint density at radius 2 is 1.71 bits per heavy atom. The number of carboxylic acids is 1. The third-order valence-corrected chi connectivity index (χ3v) is 4.52. The van der Waals surface area contributed by atoms with Crippen molar-refractivity contribution in [2.24, 2.45) is 10.9 Å². The van der Waals surface area contributed by atoms with Gasteiger partial charge in [-0.25, -0.2) is 4.99 Å². The van der Waals surface area contributed by atoms with Gasteiger partial charge < -0.3 is 10.4 Å². The lowest BCUT2D eigenvalue weighted by atomic mass is 10.0. The Kier molecular flexibility index (Phi) is 16.5. The van der Waals surface area contributed by atoms with Gasteiger partial charge in [0, 0.05) is 6.54 Å². The van der Waals surface area contributed by atoms with Crippen LogP contribution in [0.5, 0.6) is 0 Å². The number of nitrogens with zero attached hydrogens (tertiary/aromatic N) is 1. The van der Waals surface area contributed by atoms with Crippen molar-refractivity contribution < 1.29 is 9.90 Å². The summed E-state index contributed by atoms with van der Waals surface area (Å²) < 4.78 is 0. The largest absolute Gasteiger partial charge is 0.480 e. The maximum Gasteiger partial charge on any atom is 0.320 e. The van der Waals surface area contributed by atoms with E-state index in [0.29, 0.717) is 18.9 Å². The first-order chi connectivity index (χ1) is 11.6. The molecule has 2 atom stereocenters. The van der Waals surface area contributed by atoms with Gasteiger partial charge in [0.2, 0.25) is 0 Å². The van der Waals surface area contributed by atoms with Gasteiger partial charge in [0.15, 0.2) is 0 Å². The van der Waals surface area contributed by atoms with Crippen molar-refractivity contribution in [1.82, 2.24) is 5.32 Å². The molecule has 0 aromatic heterocycles. The zero-order chi connectivity index (χ0) is 18.0. The van der Waals surface area contributed by atoms with Gasteiger partial charge in [0.1, 0.15) is 6.04 Å². The van der Waals surface area contributed by atoms with Gasteiger partial charge in [-0.05, 0) is 50.4 Å². The molecular formula is C19H36N2O2S. The van der Waals surface area contributed by atoms with Crippen molar-refractivity contribution in [2.75, 3.05) is 13.1 Å². The molecule has 4 nitrogen and oxygen atoms in total. The summed E-state index contributed by atoms with van der Waals surface area (Å²) in [5, 5.41) is 14.8. The first-order valence-electron chi connectivity index (χ1n) is 9.61. The highest BCUT2D eigenvalue weighted by Gasteiger charge is 2.17. The van der Waals surface area contributed by atoms with E-state index < -0.39 is 12.0 Å². The van der Waals surface area contributed by atoms with Gasteiger partial charge in [0.25, 0.3) is 0 Å².